The Morgan fingerprint density at radius 3 is 2.50 bits per heavy atom. The third-order valence-corrected chi connectivity index (χ3v) is 10.2. The number of anilines is 2. The molecule has 198 valence electrons. The van der Waals surface area contributed by atoms with Crippen LogP contribution < -0.4 is 10.2 Å². The summed E-state index contributed by atoms with van der Waals surface area (Å²) in [6.07, 6.45) is 1.57. The van der Waals surface area contributed by atoms with Crippen molar-refractivity contribution in [1.82, 2.24) is 9.88 Å². The molecule has 0 atom stereocenters. The number of nitrogens with zero attached hydrogens (tertiary/aromatic N) is 3. The Balaban J connectivity index is 1.42. The van der Waals surface area contributed by atoms with Crippen molar-refractivity contribution < 1.29 is 18.0 Å². The second-order valence-corrected chi connectivity index (χ2v) is 14.0. The summed E-state index contributed by atoms with van der Waals surface area (Å²) in [7, 11) is 3.69. The number of hydrogen-bond acceptors (Lipinski definition) is 7. The van der Waals surface area contributed by atoms with Gasteiger partial charge in [0.05, 0.1) is 21.9 Å². The van der Waals surface area contributed by atoms with E-state index in [9.17, 15) is 18.0 Å². The number of nitrogens with one attached hydrogen (secondary N) is 1. The number of carbonyl (C=O) groups excluding carboxylic acids is 1. The van der Waals surface area contributed by atoms with Crippen molar-refractivity contribution in [2.75, 3.05) is 49.2 Å². The number of alkyl halides is 3. The molecule has 4 rings (SSSR count). The fourth-order valence-corrected chi connectivity index (χ4v) is 8.11. The predicted molar refractivity (Wildman–Crippen MR) is 147 cm³/mol. The van der Waals surface area contributed by atoms with Crippen LogP contribution in [0.1, 0.15) is 66.5 Å². The lowest BCUT2D eigenvalue weighted by molar-refractivity contribution is -0.137. The van der Waals surface area contributed by atoms with Gasteiger partial charge in [-0.1, -0.05) is 21.6 Å². The van der Waals surface area contributed by atoms with Crippen molar-refractivity contribution in [3.8, 4) is 0 Å². The summed E-state index contributed by atoms with van der Waals surface area (Å²) in [5.74, 6) is -0.164. The maximum atomic E-state index is 13.4. The van der Waals surface area contributed by atoms with Crippen LogP contribution >= 0.6 is 32.9 Å². The summed E-state index contributed by atoms with van der Waals surface area (Å²) in [4.78, 5) is 22.1. The molecule has 0 spiro atoms. The summed E-state index contributed by atoms with van der Waals surface area (Å²) in [6, 6.07) is 3.58. The standard InChI is InChI=1S/C25H33F3N4OS3/c1-24(2,36-34-3)16-31-12-8-17(9-13-31)23-30-20(15-35-23)22(33)29-19-14-18(25(26,27)28)6-7-21(19)32-10-4-5-11-32/h6-7,14-15,17H,4-5,8-13,16H2,1-3H3,(H,29,33). The number of piperidine rings is 1. The van der Waals surface area contributed by atoms with Gasteiger partial charge in [0.2, 0.25) is 0 Å². The molecule has 1 aromatic carbocycles. The minimum atomic E-state index is -4.48. The molecule has 1 amide bonds. The average Bonchev–Trinajstić information content (AvgIpc) is 3.51. The first kappa shape index (κ1) is 27.6. The van der Waals surface area contributed by atoms with E-state index in [1.54, 1.807) is 16.2 Å². The Bertz CT molecular complexity index is 1050. The zero-order valence-electron chi connectivity index (χ0n) is 20.9. The second-order valence-electron chi connectivity index (χ2n) is 10.0. The zero-order chi connectivity index (χ0) is 25.9. The van der Waals surface area contributed by atoms with E-state index >= 15 is 0 Å². The minimum absolute atomic E-state index is 0.185. The first-order valence-corrected chi connectivity index (χ1v) is 15.7. The van der Waals surface area contributed by atoms with E-state index in [0.717, 1.165) is 75.5 Å². The highest BCUT2D eigenvalue weighted by Gasteiger charge is 2.32. The molecule has 2 aliphatic rings. The van der Waals surface area contributed by atoms with Gasteiger partial charge in [-0.2, -0.15) is 13.2 Å². The van der Waals surface area contributed by atoms with Crippen LogP contribution in [0.5, 0.6) is 0 Å². The maximum Gasteiger partial charge on any atom is 0.416 e. The van der Waals surface area contributed by atoms with Crippen LogP contribution in [0.15, 0.2) is 23.6 Å². The third-order valence-electron chi connectivity index (χ3n) is 6.62. The van der Waals surface area contributed by atoms with Crippen LogP contribution in [0.25, 0.3) is 0 Å². The summed E-state index contributed by atoms with van der Waals surface area (Å²) in [6.45, 7) is 9.09. The van der Waals surface area contributed by atoms with Gasteiger partial charge in [-0.05, 0) is 77.1 Å². The number of aromatic nitrogens is 1. The van der Waals surface area contributed by atoms with Gasteiger partial charge >= 0.3 is 6.18 Å². The van der Waals surface area contributed by atoms with E-state index in [-0.39, 0.29) is 16.1 Å². The smallest absolute Gasteiger partial charge is 0.370 e. The van der Waals surface area contributed by atoms with E-state index < -0.39 is 17.6 Å². The lowest BCUT2D eigenvalue weighted by atomic mass is 9.97. The van der Waals surface area contributed by atoms with Crippen LogP contribution in [-0.4, -0.2) is 59.5 Å². The van der Waals surface area contributed by atoms with Gasteiger partial charge in [-0.25, -0.2) is 4.98 Å². The second kappa shape index (κ2) is 11.5. The number of carbonyl (C=O) groups is 1. The van der Waals surface area contributed by atoms with Crippen LogP contribution in [-0.2, 0) is 6.18 Å². The number of rotatable bonds is 8. The molecule has 3 heterocycles. The number of thiazole rings is 1. The quantitative estimate of drug-likeness (QED) is 0.353. The van der Waals surface area contributed by atoms with E-state index in [1.165, 1.54) is 17.4 Å². The molecule has 0 unspecified atom stereocenters. The monoisotopic (exact) mass is 558 g/mol. The predicted octanol–water partition coefficient (Wildman–Crippen LogP) is 6.98. The van der Waals surface area contributed by atoms with Crippen molar-refractivity contribution >= 4 is 50.2 Å². The number of likely N-dealkylation sites (tertiary alicyclic amines) is 1. The highest BCUT2D eigenvalue weighted by molar-refractivity contribution is 8.76. The number of halogens is 3. The van der Waals surface area contributed by atoms with Gasteiger partial charge < -0.3 is 15.1 Å². The van der Waals surface area contributed by atoms with Crippen molar-refractivity contribution in [2.45, 2.75) is 56.4 Å². The van der Waals surface area contributed by atoms with Crippen molar-refractivity contribution in [2.24, 2.45) is 0 Å². The van der Waals surface area contributed by atoms with E-state index in [2.05, 4.69) is 35.3 Å². The fourth-order valence-electron chi connectivity index (χ4n) is 4.94. The summed E-state index contributed by atoms with van der Waals surface area (Å²) < 4.78 is 40.3. The fraction of sp³-hybridized carbons (Fsp3) is 0.600. The van der Waals surface area contributed by atoms with Gasteiger partial charge in [0, 0.05) is 35.7 Å². The Kier molecular flexibility index (Phi) is 8.84. The van der Waals surface area contributed by atoms with Crippen LogP contribution in [0, 0.1) is 0 Å². The molecule has 0 aliphatic carbocycles. The van der Waals surface area contributed by atoms with Crippen LogP contribution in [0.4, 0.5) is 24.5 Å². The molecule has 5 nitrogen and oxygen atoms in total. The molecule has 2 fully saturated rings. The topological polar surface area (TPSA) is 48.5 Å². The molecule has 0 radical (unpaired) electrons. The molecular formula is C25H33F3N4OS3. The van der Waals surface area contributed by atoms with E-state index in [1.807, 2.05) is 15.7 Å². The Morgan fingerprint density at radius 1 is 1.17 bits per heavy atom. The highest BCUT2D eigenvalue weighted by atomic mass is 33.1. The molecule has 0 saturated carbocycles. The summed E-state index contributed by atoms with van der Waals surface area (Å²) >= 11 is 1.47. The van der Waals surface area contributed by atoms with E-state index in [0.29, 0.717) is 11.6 Å². The van der Waals surface area contributed by atoms with Gasteiger partial charge in [0.25, 0.3) is 5.91 Å². The number of benzene rings is 1. The minimum Gasteiger partial charge on any atom is -0.370 e. The molecular weight excluding hydrogens is 525 g/mol. The molecule has 11 heteroatoms. The van der Waals surface area contributed by atoms with Crippen LogP contribution in [0.3, 0.4) is 0 Å². The van der Waals surface area contributed by atoms with Crippen molar-refractivity contribution in [3.05, 3.63) is 39.8 Å². The van der Waals surface area contributed by atoms with Gasteiger partial charge in [0.15, 0.2) is 0 Å². The first-order chi connectivity index (χ1) is 17.1. The van der Waals surface area contributed by atoms with Gasteiger partial charge in [0.1, 0.15) is 5.69 Å². The van der Waals surface area contributed by atoms with Crippen molar-refractivity contribution in [1.29, 1.82) is 0 Å². The lowest BCUT2D eigenvalue weighted by Crippen LogP contribution is -2.40. The zero-order valence-corrected chi connectivity index (χ0v) is 23.3. The third kappa shape index (κ3) is 6.90. The molecule has 2 aromatic rings. The molecule has 36 heavy (non-hydrogen) atoms. The molecule has 1 N–H and O–H groups in total. The molecule has 2 aliphatic heterocycles. The molecule has 0 bridgehead atoms. The highest BCUT2D eigenvalue weighted by Crippen LogP contribution is 2.38. The first-order valence-electron chi connectivity index (χ1n) is 12.2. The Hall–Kier alpha value is -1.43. The summed E-state index contributed by atoms with van der Waals surface area (Å²) in [5.41, 5.74) is 0.301. The number of amides is 1. The van der Waals surface area contributed by atoms with Gasteiger partial charge in [-0.15, -0.1) is 11.3 Å². The normalized spacial score (nSPS) is 18.1. The number of hydrogen-bond donors (Lipinski definition) is 1. The Morgan fingerprint density at radius 2 is 1.86 bits per heavy atom. The Labute approximate surface area is 223 Å². The van der Waals surface area contributed by atoms with E-state index in [4.69, 9.17) is 0 Å². The largest absolute Gasteiger partial charge is 0.416 e. The SMILES string of the molecule is CSSC(C)(C)CN1CCC(c2nc(C(=O)Nc3cc(C(F)(F)F)ccc3N3CCCC3)cs2)CC1. The molecule has 1 aromatic heterocycles. The van der Waals surface area contributed by atoms with Gasteiger partial charge in [-0.3, -0.25) is 4.79 Å². The summed E-state index contributed by atoms with van der Waals surface area (Å²) in [5, 5.41) is 5.38. The maximum absolute atomic E-state index is 13.4. The van der Waals surface area contributed by atoms with Crippen LogP contribution in [0.2, 0.25) is 0 Å². The lowest BCUT2D eigenvalue weighted by Gasteiger charge is -2.36. The van der Waals surface area contributed by atoms with Crippen molar-refractivity contribution in [3.63, 3.8) is 0 Å². The molecule has 2 saturated heterocycles. The average molecular weight is 559 g/mol.